The first-order valence-corrected chi connectivity index (χ1v) is 4.84. The van der Waals surface area contributed by atoms with E-state index in [1.165, 1.54) is 0 Å². The molecule has 0 saturated carbocycles. The highest BCUT2D eigenvalue weighted by Gasteiger charge is 2.02. The Morgan fingerprint density at radius 3 is 2.50 bits per heavy atom. The van der Waals surface area contributed by atoms with Crippen LogP contribution < -0.4 is 10.1 Å². The Kier molecular flexibility index (Phi) is 4.39. The molecular weight excluding hydrogens is 206 g/mol. The van der Waals surface area contributed by atoms with Gasteiger partial charge in [0.2, 0.25) is 0 Å². The Morgan fingerprint density at radius 1 is 1.38 bits per heavy atom. The van der Waals surface area contributed by atoms with E-state index in [9.17, 15) is 4.79 Å². The lowest BCUT2D eigenvalue weighted by Crippen LogP contribution is -2.14. The SMILES string of the molecule is C=C(C)COC(=O)Nc1ccc(OC)cc1. The van der Waals surface area contributed by atoms with Crippen molar-refractivity contribution in [1.29, 1.82) is 0 Å². The number of ether oxygens (including phenoxy) is 2. The summed E-state index contributed by atoms with van der Waals surface area (Å²) in [4.78, 5) is 11.3. The second-order valence-corrected chi connectivity index (χ2v) is 3.39. The van der Waals surface area contributed by atoms with Crippen LogP contribution in [-0.2, 0) is 4.74 Å². The molecular formula is C12H15NO3. The van der Waals surface area contributed by atoms with Gasteiger partial charge in [0.1, 0.15) is 12.4 Å². The van der Waals surface area contributed by atoms with Gasteiger partial charge < -0.3 is 9.47 Å². The first-order valence-electron chi connectivity index (χ1n) is 4.84. The van der Waals surface area contributed by atoms with E-state index in [0.29, 0.717) is 5.69 Å². The van der Waals surface area contributed by atoms with Crippen molar-refractivity contribution in [1.82, 2.24) is 0 Å². The number of rotatable bonds is 4. The quantitative estimate of drug-likeness (QED) is 0.795. The average molecular weight is 221 g/mol. The Hall–Kier alpha value is -1.97. The maximum Gasteiger partial charge on any atom is 0.411 e. The second-order valence-electron chi connectivity index (χ2n) is 3.39. The van der Waals surface area contributed by atoms with E-state index in [-0.39, 0.29) is 6.61 Å². The predicted octanol–water partition coefficient (Wildman–Crippen LogP) is 2.82. The lowest BCUT2D eigenvalue weighted by atomic mass is 10.3. The molecule has 0 fully saturated rings. The van der Waals surface area contributed by atoms with E-state index < -0.39 is 6.09 Å². The Morgan fingerprint density at radius 2 is 2.00 bits per heavy atom. The van der Waals surface area contributed by atoms with Gasteiger partial charge in [-0.05, 0) is 36.8 Å². The molecule has 1 amide bonds. The zero-order valence-corrected chi connectivity index (χ0v) is 9.45. The average Bonchev–Trinajstić information content (AvgIpc) is 2.27. The summed E-state index contributed by atoms with van der Waals surface area (Å²) in [5.41, 5.74) is 1.46. The predicted molar refractivity (Wildman–Crippen MR) is 62.8 cm³/mol. The molecule has 1 aromatic rings. The van der Waals surface area contributed by atoms with E-state index in [1.807, 2.05) is 0 Å². The zero-order valence-electron chi connectivity index (χ0n) is 9.45. The highest BCUT2D eigenvalue weighted by Crippen LogP contribution is 2.15. The van der Waals surface area contributed by atoms with Crippen LogP contribution in [0.1, 0.15) is 6.92 Å². The third kappa shape index (κ3) is 4.04. The van der Waals surface area contributed by atoms with Gasteiger partial charge in [0, 0.05) is 5.69 Å². The molecule has 0 bridgehead atoms. The highest BCUT2D eigenvalue weighted by molar-refractivity contribution is 5.84. The smallest absolute Gasteiger partial charge is 0.411 e. The van der Waals surface area contributed by atoms with Crippen LogP contribution in [0.15, 0.2) is 36.4 Å². The molecule has 0 atom stereocenters. The molecule has 0 spiro atoms. The number of anilines is 1. The van der Waals surface area contributed by atoms with Crippen molar-refractivity contribution in [3.8, 4) is 5.75 Å². The molecule has 16 heavy (non-hydrogen) atoms. The van der Waals surface area contributed by atoms with Crippen molar-refractivity contribution in [3.63, 3.8) is 0 Å². The second kappa shape index (κ2) is 5.80. The Bertz CT molecular complexity index is 370. The normalized spacial score (nSPS) is 9.38. The number of methoxy groups -OCH3 is 1. The number of carbonyl (C=O) groups is 1. The number of benzene rings is 1. The fourth-order valence-electron chi connectivity index (χ4n) is 1.02. The maximum atomic E-state index is 11.3. The molecule has 86 valence electrons. The van der Waals surface area contributed by atoms with Crippen molar-refractivity contribution in [2.45, 2.75) is 6.92 Å². The number of amides is 1. The summed E-state index contributed by atoms with van der Waals surface area (Å²) in [5, 5.41) is 2.59. The van der Waals surface area contributed by atoms with E-state index >= 15 is 0 Å². The first kappa shape index (κ1) is 12.1. The topological polar surface area (TPSA) is 47.6 Å². The van der Waals surface area contributed by atoms with Crippen LogP contribution in [0.4, 0.5) is 10.5 Å². The molecule has 0 saturated heterocycles. The summed E-state index contributed by atoms with van der Waals surface area (Å²) in [6, 6.07) is 6.99. The van der Waals surface area contributed by atoms with Gasteiger partial charge in [-0.1, -0.05) is 6.58 Å². The van der Waals surface area contributed by atoms with Gasteiger partial charge in [0.15, 0.2) is 0 Å². The van der Waals surface area contributed by atoms with Crippen molar-refractivity contribution in [2.24, 2.45) is 0 Å². The molecule has 1 aromatic carbocycles. The molecule has 0 aliphatic rings. The number of hydrogen-bond acceptors (Lipinski definition) is 3. The van der Waals surface area contributed by atoms with Gasteiger partial charge in [0.25, 0.3) is 0 Å². The molecule has 4 heteroatoms. The molecule has 1 N–H and O–H groups in total. The van der Waals surface area contributed by atoms with Gasteiger partial charge >= 0.3 is 6.09 Å². The number of carbonyl (C=O) groups excluding carboxylic acids is 1. The van der Waals surface area contributed by atoms with Crippen LogP contribution in [0.5, 0.6) is 5.75 Å². The van der Waals surface area contributed by atoms with E-state index in [0.717, 1.165) is 11.3 Å². The molecule has 0 unspecified atom stereocenters. The Balaban J connectivity index is 2.46. The van der Waals surface area contributed by atoms with Crippen LogP contribution in [0.2, 0.25) is 0 Å². The van der Waals surface area contributed by atoms with Crippen molar-refractivity contribution < 1.29 is 14.3 Å². The molecule has 4 nitrogen and oxygen atoms in total. The van der Waals surface area contributed by atoms with Crippen LogP contribution in [0.25, 0.3) is 0 Å². The fourth-order valence-corrected chi connectivity index (χ4v) is 1.02. The number of nitrogens with one attached hydrogen (secondary N) is 1. The molecule has 1 rings (SSSR count). The van der Waals surface area contributed by atoms with Crippen molar-refractivity contribution in [3.05, 3.63) is 36.4 Å². The van der Waals surface area contributed by atoms with E-state index in [2.05, 4.69) is 11.9 Å². The molecule has 0 aliphatic carbocycles. The minimum atomic E-state index is -0.492. The van der Waals surface area contributed by atoms with Gasteiger partial charge in [-0.2, -0.15) is 0 Å². The van der Waals surface area contributed by atoms with E-state index in [4.69, 9.17) is 9.47 Å². The van der Waals surface area contributed by atoms with Gasteiger partial charge in [-0.15, -0.1) is 0 Å². The largest absolute Gasteiger partial charge is 0.497 e. The van der Waals surface area contributed by atoms with Crippen LogP contribution in [0.3, 0.4) is 0 Å². The lowest BCUT2D eigenvalue weighted by molar-refractivity contribution is 0.171. The van der Waals surface area contributed by atoms with E-state index in [1.54, 1.807) is 38.3 Å². The lowest BCUT2D eigenvalue weighted by Gasteiger charge is -2.07. The minimum absolute atomic E-state index is 0.224. The van der Waals surface area contributed by atoms with Crippen LogP contribution in [-0.4, -0.2) is 19.8 Å². The highest BCUT2D eigenvalue weighted by atomic mass is 16.5. The third-order valence-electron chi connectivity index (χ3n) is 1.79. The monoisotopic (exact) mass is 221 g/mol. The summed E-state index contributed by atoms with van der Waals surface area (Å²) in [5.74, 6) is 0.737. The Labute approximate surface area is 94.9 Å². The molecule has 0 aliphatic heterocycles. The van der Waals surface area contributed by atoms with Crippen molar-refractivity contribution >= 4 is 11.8 Å². The summed E-state index contributed by atoms with van der Waals surface area (Å²) >= 11 is 0. The van der Waals surface area contributed by atoms with Gasteiger partial charge in [-0.25, -0.2) is 4.79 Å². The third-order valence-corrected chi connectivity index (χ3v) is 1.79. The van der Waals surface area contributed by atoms with Crippen LogP contribution >= 0.6 is 0 Å². The van der Waals surface area contributed by atoms with Gasteiger partial charge in [-0.3, -0.25) is 5.32 Å². The molecule has 0 heterocycles. The summed E-state index contributed by atoms with van der Waals surface area (Å²) in [6.45, 7) is 5.65. The molecule has 0 radical (unpaired) electrons. The summed E-state index contributed by atoms with van der Waals surface area (Å²) < 4.78 is 9.88. The van der Waals surface area contributed by atoms with Crippen LogP contribution in [0, 0.1) is 0 Å². The maximum absolute atomic E-state index is 11.3. The fraction of sp³-hybridized carbons (Fsp3) is 0.250. The summed E-state index contributed by atoms with van der Waals surface area (Å²) in [6.07, 6.45) is -0.492. The first-order chi connectivity index (χ1) is 7.61. The standard InChI is InChI=1S/C12H15NO3/c1-9(2)8-16-12(14)13-10-4-6-11(15-3)7-5-10/h4-7H,1,8H2,2-3H3,(H,13,14). The van der Waals surface area contributed by atoms with Gasteiger partial charge in [0.05, 0.1) is 7.11 Å². The molecule has 0 aromatic heterocycles. The number of hydrogen-bond donors (Lipinski definition) is 1. The summed E-state index contributed by atoms with van der Waals surface area (Å²) in [7, 11) is 1.59. The zero-order chi connectivity index (χ0) is 12.0. The minimum Gasteiger partial charge on any atom is -0.497 e. The van der Waals surface area contributed by atoms with Crippen molar-refractivity contribution in [2.75, 3.05) is 19.0 Å².